The van der Waals surface area contributed by atoms with Gasteiger partial charge in [-0.15, -0.1) is 0 Å². The van der Waals surface area contributed by atoms with Crippen LogP contribution in [0.5, 0.6) is 0 Å². The van der Waals surface area contributed by atoms with E-state index in [2.05, 4.69) is 6.58 Å². The second-order valence-corrected chi connectivity index (χ2v) is 7.79. The van der Waals surface area contributed by atoms with Crippen molar-refractivity contribution in [3.63, 3.8) is 0 Å². The van der Waals surface area contributed by atoms with E-state index in [1.54, 1.807) is 12.2 Å². The fourth-order valence-electron chi connectivity index (χ4n) is 3.46. The quantitative estimate of drug-likeness (QED) is 0.221. The van der Waals surface area contributed by atoms with E-state index in [9.17, 15) is 19.2 Å². The predicted octanol–water partition coefficient (Wildman–Crippen LogP) is 2.84. The maximum absolute atomic E-state index is 12.3. The van der Waals surface area contributed by atoms with Gasteiger partial charge in [0.15, 0.2) is 0 Å². The number of hydrogen-bond donors (Lipinski definition) is 0. The fraction of sp³-hybridized carbons (Fsp3) is 0.545. The molecule has 0 N–H and O–H groups in total. The van der Waals surface area contributed by atoms with Gasteiger partial charge in [-0.3, -0.25) is 14.4 Å². The van der Waals surface area contributed by atoms with E-state index in [1.165, 1.54) is 6.92 Å². The van der Waals surface area contributed by atoms with Crippen LogP contribution in [0.4, 0.5) is 0 Å². The highest BCUT2D eigenvalue weighted by Crippen LogP contribution is 2.36. The second kappa shape index (κ2) is 10.2. The van der Waals surface area contributed by atoms with Crippen molar-refractivity contribution in [2.75, 3.05) is 6.61 Å². The Morgan fingerprint density at radius 3 is 2.72 bits per heavy atom. The third-order valence-corrected chi connectivity index (χ3v) is 4.84. The van der Waals surface area contributed by atoms with Gasteiger partial charge in [-0.1, -0.05) is 26.5 Å². The Bertz CT molecular complexity index is 744. The average Bonchev–Trinajstić information content (AvgIpc) is 2.90. The van der Waals surface area contributed by atoms with Crippen molar-refractivity contribution in [3.05, 3.63) is 35.5 Å². The zero-order valence-electron chi connectivity index (χ0n) is 17.1. The highest BCUT2D eigenvalue weighted by atomic mass is 16.6. The molecule has 7 heteroatoms. The normalized spacial score (nSPS) is 28.3. The molecule has 1 heterocycles. The lowest BCUT2D eigenvalue weighted by Crippen LogP contribution is -2.34. The van der Waals surface area contributed by atoms with Crippen molar-refractivity contribution in [1.29, 1.82) is 0 Å². The minimum Gasteiger partial charge on any atom is -0.461 e. The summed E-state index contributed by atoms with van der Waals surface area (Å²) in [6.45, 7) is 9.01. The van der Waals surface area contributed by atoms with Gasteiger partial charge in [-0.25, -0.2) is 4.79 Å². The first-order valence-corrected chi connectivity index (χ1v) is 9.77. The molecule has 2 rings (SSSR count). The number of ether oxygens (including phenoxy) is 3. The van der Waals surface area contributed by atoms with Crippen LogP contribution in [0, 0.1) is 11.8 Å². The average molecular weight is 404 g/mol. The van der Waals surface area contributed by atoms with Gasteiger partial charge in [0.1, 0.15) is 25.1 Å². The van der Waals surface area contributed by atoms with Crippen LogP contribution >= 0.6 is 0 Å². The predicted molar refractivity (Wildman–Crippen MR) is 105 cm³/mol. The van der Waals surface area contributed by atoms with Crippen molar-refractivity contribution in [1.82, 2.24) is 0 Å². The van der Waals surface area contributed by atoms with E-state index < -0.39 is 36.0 Å². The molecule has 7 nitrogen and oxygen atoms in total. The molecule has 2 aliphatic rings. The first-order valence-electron chi connectivity index (χ1n) is 9.77. The molecule has 0 spiro atoms. The second-order valence-electron chi connectivity index (χ2n) is 7.79. The minimum atomic E-state index is -0.758. The summed E-state index contributed by atoms with van der Waals surface area (Å²) in [6, 6.07) is 0. The molecular weight excluding hydrogens is 376 g/mol. The standard InChI is InChI=1S/C22H28O7/c1-13(2)8-20(25)28-18-9-16(11-23)6-5-7-17(12-27-15(4)24)10-19-21(18)14(3)22(26)29-19/h6,10-11,13,18-19,21H,3,5,7-9,12H2,1-2,4H3/b16-6-,17-10-/t18-,19-,21-/m1/s1. The molecule has 1 aliphatic carbocycles. The lowest BCUT2D eigenvalue weighted by molar-refractivity contribution is -0.153. The number of esters is 3. The molecule has 0 aromatic carbocycles. The maximum atomic E-state index is 12.3. The fourth-order valence-corrected chi connectivity index (χ4v) is 3.46. The third kappa shape index (κ3) is 6.41. The molecule has 0 saturated carbocycles. The van der Waals surface area contributed by atoms with Crippen LogP contribution in [-0.2, 0) is 33.4 Å². The number of fused-ring (bicyclic) bond motifs is 1. The molecule has 1 aliphatic heterocycles. The molecule has 0 bridgehead atoms. The molecule has 3 atom stereocenters. The van der Waals surface area contributed by atoms with Crippen LogP contribution in [0.2, 0.25) is 0 Å². The Balaban J connectivity index is 2.38. The molecule has 0 aromatic rings. The van der Waals surface area contributed by atoms with Gasteiger partial charge in [-0.2, -0.15) is 0 Å². The molecule has 0 aromatic heterocycles. The van der Waals surface area contributed by atoms with Gasteiger partial charge in [0.05, 0.1) is 5.92 Å². The van der Waals surface area contributed by atoms with Gasteiger partial charge >= 0.3 is 17.9 Å². The Labute approximate surface area is 170 Å². The third-order valence-electron chi connectivity index (χ3n) is 4.84. The molecule has 0 radical (unpaired) electrons. The maximum Gasteiger partial charge on any atom is 0.334 e. The summed E-state index contributed by atoms with van der Waals surface area (Å²) in [4.78, 5) is 47.3. The van der Waals surface area contributed by atoms with Crippen LogP contribution in [0.1, 0.15) is 46.5 Å². The smallest absolute Gasteiger partial charge is 0.334 e. The largest absolute Gasteiger partial charge is 0.461 e. The van der Waals surface area contributed by atoms with Crippen molar-refractivity contribution >= 4 is 24.2 Å². The monoisotopic (exact) mass is 404 g/mol. The lowest BCUT2D eigenvalue weighted by atomic mass is 9.85. The summed E-state index contributed by atoms with van der Waals surface area (Å²) in [7, 11) is 0. The highest BCUT2D eigenvalue weighted by Gasteiger charge is 2.44. The molecule has 0 amide bonds. The minimum absolute atomic E-state index is 0.0602. The van der Waals surface area contributed by atoms with Crippen LogP contribution in [0.15, 0.2) is 35.5 Å². The Hall–Kier alpha value is -2.70. The Kier molecular flexibility index (Phi) is 7.93. The molecule has 0 unspecified atom stereocenters. The zero-order valence-corrected chi connectivity index (χ0v) is 17.1. The van der Waals surface area contributed by atoms with Gasteiger partial charge in [0.2, 0.25) is 0 Å². The molecular formula is C22H28O7. The van der Waals surface area contributed by atoms with E-state index in [1.807, 2.05) is 13.8 Å². The summed E-state index contributed by atoms with van der Waals surface area (Å²) >= 11 is 0. The van der Waals surface area contributed by atoms with E-state index in [4.69, 9.17) is 14.2 Å². The SMILES string of the molecule is C=C1C(=O)O[C@@H]2/C=C(\COC(C)=O)CC/C=C(\C=O)C[C@@H](OC(=O)CC(C)C)[C@@H]12. The van der Waals surface area contributed by atoms with E-state index in [0.29, 0.717) is 18.4 Å². The summed E-state index contributed by atoms with van der Waals surface area (Å²) in [5, 5.41) is 0. The summed E-state index contributed by atoms with van der Waals surface area (Å²) < 4.78 is 16.2. The molecule has 29 heavy (non-hydrogen) atoms. The van der Waals surface area contributed by atoms with Crippen LogP contribution < -0.4 is 0 Å². The number of aldehydes is 1. The Morgan fingerprint density at radius 1 is 1.38 bits per heavy atom. The number of hydrogen-bond acceptors (Lipinski definition) is 7. The van der Waals surface area contributed by atoms with E-state index in [0.717, 1.165) is 11.9 Å². The number of carbonyl (C=O) groups is 4. The zero-order chi connectivity index (χ0) is 21.6. The van der Waals surface area contributed by atoms with Crippen LogP contribution in [0.3, 0.4) is 0 Å². The van der Waals surface area contributed by atoms with Gasteiger partial charge in [-0.05, 0) is 36.0 Å². The lowest BCUT2D eigenvalue weighted by Gasteiger charge is -2.27. The van der Waals surface area contributed by atoms with Crippen molar-refractivity contribution < 1.29 is 33.4 Å². The Morgan fingerprint density at radius 2 is 2.10 bits per heavy atom. The molecule has 1 saturated heterocycles. The van der Waals surface area contributed by atoms with Gasteiger partial charge in [0, 0.05) is 25.3 Å². The van der Waals surface area contributed by atoms with E-state index >= 15 is 0 Å². The summed E-state index contributed by atoms with van der Waals surface area (Å²) in [5.41, 5.74) is 1.44. The van der Waals surface area contributed by atoms with Crippen molar-refractivity contribution in [2.24, 2.45) is 11.8 Å². The van der Waals surface area contributed by atoms with Crippen molar-refractivity contribution in [3.8, 4) is 0 Å². The summed E-state index contributed by atoms with van der Waals surface area (Å²) in [6.07, 6.45) is 4.27. The van der Waals surface area contributed by atoms with Crippen LogP contribution in [-0.4, -0.2) is 43.0 Å². The van der Waals surface area contributed by atoms with Crippen LogP contribution in [0.25, 0.3) is 0 Å². The number of allylic oxidation sites excluding steroid dienone is 1. The van der Waals surface area contributed by atoms with Gasteiger partial charge in [0.25, 0.3) is 0 Å². The van der Waals surface area contributed by atoms with Gasteiger partial charge < -0.3 is 14.2 Å². The highest BCUT2D eigenvalue weighted by molar-refractivity contribution is 5.91. The van der Waals surface area contributed by atoms with E-state index in [-0.39, 0.29) is 30.9 Å². The number of carbonyl (C=O) groups excluding carboxylic acids is 4. The first-order chi connectivity index (χ1) is 13.7. The first kappa shape index (κ1) is 22.6. The summed E-state index contributed by atoms with van der Waals surface area (Å²) in [5.74, 6) is -1.89. The number of rotatable bonds is 6. The van der Waals surface area contributed by atoms with Crippen molar-refractivity contribution in [2.45, 2.75) is 58.7 Å². The molecule has 1 fully saturated rings. The topological polar surface area (TPSA) is 96.0 Å². The molecule has 158 valence electrons.